The van der Waals surface area contributed by atoms with E-state index in [1.807, 2.05) is 0 Å². The second kappa shape index (κ2) is 5.61. The van der Waals surface area contributed by atoms with Crippen LogP contribution >= 0.6 is 27.7 Å². The van der Waals surface area contributed by atoms with Crippen LogP contribution in [0.2, 0.25) is 0 Å². The molecule has 0 bridgehead atoms. The number of amides is 1. The Balaban J connectivity index is 1.99. The van der Waals surface area contributed by atoms with Crippen LogP contribution in [0.15, 0.2) is 22.7 Å². The molecule has 0 spiro atoms. The van der Waals surface area contributed by atoms with Crippen LogP contribution in [-0.4, -0.2) is 23.5 Å². The fraction of sp³-hybridized carbons (Fsp3) is 0.462. The number of carbonyl (C=O) groups excluding carboxylic acids is 1. The van der Waals surface area contributed by atoms with E-state index in [4.69, 9.17) is 0 Å². The zero-order valence-corrected chi connectivity index (χ0v) is 12.5. The zero-order valence-electron chi connectivity index (χ0n) is 10.1. The molecule has 1 amide bonds. The van der Waals surface area contributed by atoms with Crippen LogP contribution in [-0.2, 0) is 0 Å². The van der Waals surface area contributed by atoms with E-state index in [1.165, 1.54) is 18.6 Å². The molecule has 0 unspecified atom stereocenters. The van der Waals surface area contributed by atoms with Gasteiger partial charge in [0.15, 0.2) is 0 Å². The van der Waals surface area contributed by atoms with Crippen LogP contribution < -0.4 is 5.32 Å². The monoisotopic (exact) mass is 331 g/mol. The largest absolute Gasteiger partial charge is 0.351 e. The highest BCUT2D eigenvalue weighted by Crippen LogP contribution is 2.42. The van der Waals surface area contributed by atoms with Gasteiger partial charge in [0.05, 0.1) is 5.56 Å². The first-order chi connectivity index (χ1) is 8.56. The molecule has 1 aliphatic carbocycles. The van der Waals surface area contributed by atoms with E-state index >= 15 is 0 Å². The molecule has 1 N–H and O–H groups in total. The summed E-state index contributed by atoms with van der Waals surface area (Å²) in [6.45, 7) is 0.614. The minimum Gasteiger partial charge on any atom is -0.351 e. The van der Waals surface area contributed by atoms with Gasteiger partial charge < -0.3 is 5.32 Å². The lowest BCUT2D eigenvalue weighted by Crippen LogP contribution is -2.45. The van der Waals surface area contributed by atoms with Crippen molar-refractivity contribution in [3.05, 3.63) is 34.1 Å². The Morgan fingerprint density at radius 3 is 2.78 bits per heavy atom. The fourth-order valence-electron chi connectivity index (χ4n) is 2.03. The third-order valence-electron chi connectivity index (χ3n) is 3.44. The van der Waals surface area contributed by atoms with Crippen LogP contribution in [0.3, 0.4) is 0 Å². The van der Waals surface area contributed by atoms with Crippen molar-refractivity contribution in [1.82, 2.24) is 5.32 Å². The predicted octanol–water partition coefficient (Wildman–Crippen LogP) is 3.60. The third-order valence-corrected chi connectivity index (χ3v) is 5.36. The van der Waals surface area contributed by atoms with E-state index in [1.54, 1.807) is 17.8 Å². The molecule has 1 saturated carbocycles. The second-order valence-electron chi connectivity index (χ2n) is 4.55. The van der Waals surface area contributed by atoms with Gasteiger partial charge in [0.1, 0.15) is 5.82 Å². The summed E-state index contributed by atoms with van der Waals surface area (Å²) in [6.07, 6.45) is 5.52. The minimum absolute atomic E-state index is 0.105. The minimum atomic E-state index is -0.492. The lowest BCUT2D eigenvalue weighted by molar-refractivity contribution is 0.0940. The van der Waals surface area contributed by atoms with Gasteiger partial charge in [-0.25, -0.2) is 4.39 Å². The summed E-state index contributed by atoms with van der Waals surface area (Å²) >= 11 is 4.96. The van der Waals surface area contributed by atoms with Crippen LogP contribution in [0.25, 0.3) is 0 Å². The number of thioether (sulfide) groups is 1. The Bertz CT molecular complexity index is 457. The third kappa shape index (κ3) is 2.88. The van der Waals surface area contributed by atoms with Gasteiger partial charge in [-0.1, -0.05) is 22.4 Å². The topological polar surface area (TPSA) is 29.1 Å². The molecule has 18 heavy (non-hydrogen) atoms. The van der Waals surface area contributed by atoms with E-state index in [2.05, 4.69) is 27.5 Å². The van der Waals surface area contributed by atoms with Gasteiger partial charge in [-0.15, -0.1) is 0 Å². The lowest BCUT2D eigenvalue weighted by atomic mass is 9.84. The van der Waals surface area contributed by atoms with Crippen molar-refractivity contribution >= 4 is 33.6 Å². The average molecular weight is 332 g/mol. The van der Waals surface area contributed by atoms with Crippen molar-refractivity contribution in [2.75, 3.05) is 12.8 Å². The summed E-state index contributed by atoms with van der Waals surface area (Å²) in [5.41, 5.74) is 0.105. The normalized spacial score (nSPS) is 17.1. The molecule has 5 heteroatoms. The maximum absolute atomic E-state index is 13.6. The van der Waals surface area contributed by atoms with E-state index in [0.717, 1.165) is 12.8 Å². The summed E-state index contributed by atoms with van der Waals surface area (Å²) in [5.74, 6) is -0.825. The Kier molecular flexibility index (Phi) is 4.33. The second-order valence-corrected chi connectivity index (χ2v) is 6.74. The number of halogens is 2. The van der Waals surface area contributed by atoms with Gasteiger partial charge >= 0.3 is 0 Å². The van der Waals surface area contributed by atoms with Crippen LogP contribution in [0.4, 0.5) is 4.39 Å². The predicted molar refractivity (Wildman–Crippen MR) is 76.5 cm³/mol. The molecule has 1 aliphatic rings. The van der Waals surface area contributed by atoms with Crippen molar-refractivity contribution in [2.45, 2.75) is 24.0 Å². The number of rotatable bonds is 4. The van der Waals surface area contributed by atoms with E-state index in [9.17, 15) is 9.18 Å². The summed E-state index contributed by atoms with van der Waals surface area (Å²) in [4.78, 5) is 11.9. The van der Waals surface area contributed by atoms with Gasteiger partial charge in [0, 0.05) is 15.8 Å². The first-order valence-corrected chi connectivity index (χ1v) is 7.86. The highest BCUT2D eigenvalue weighted by Gasteiger charge is 2.36. The molecule has 0 aliphatic heterocycles. The van der Waals surface area contributed by atoms with Gasteiger partial charge in [-0.3, -0.25) is 4.79 Å². The Labute approximate surface area is 119 Å². The Hall–Kier alpha value is -0.550. The molecule has 2 rings (SSSR count). The van der Waals surface area contributed by atoms with E-state index in [-0.39, 0.29) is 16.2 Å². The molecular formula is C13H15BrFNOS. The summed E-state index contributed by atoms with van der Waals surface area (Å²) < 4.78 is 14.4. The molecule has 98 valence electrons. The lowest BCUT2D eigenvalue weighted by Gasteiger charge is -2.40. The molecule has 1 fully saturated rings. The molecule has 0 saturated heterocycles. The first-order valence-electron chi connectivity index (χ1n) is 5.85. The highest BCUT2D eigenvalue weighted by molar-refractivity contribution is 9.10. The van der Waals surface area contributed by atoms with Crippen molar-refractivity contribution in [3.8, 4) is 0 Å². The number of benzene rings is 1. The molecular weight excluding hydrogens is 317 g/mol. The van der Waals surface area contributed by atoms with Crippen molar-refractivity contribution in [3.63, 3.8) is 0 Å². The Morgan fingerprint density at radius 2 is 2.28 bits per heavy atom. The number of nitrogens with one attached hydrogen (secondary N) is 1. The smallest absolute Gasteiger partial charge is 0.254 e. The summed E-state index contributed by atoms with van der Waals surface area (Å²) in [5, 5.41) is 2.84. The maximum atomic E-state index is 13.6. The number of hydrogen-bond donors (Lipinski definition) is 1. The van der Waals surface area contributed by atoms with Gasteiger partial charge in [-0.05, 0) is 37.3 Å². The average Bonchev–Trinajstić information content (AvgIpc) is 2.27. The van der Waals surface area contributed by atoms with Crippen LogP contribution in [0, 0.1) is 5.82 Å². The van der Waals surface area contributed by atoms with E-state index in [0.29, 0.717) is 11.0 Å². The van der Waals surface area contributed by atoms with Crippen molar-refractivity contribution in [1.29, 1.82) is 0 Å². The fourth-order valence-corrected chi connectivity index (χ4v) is 3.28. The number of hydrogen-bond acceptors (Lipinski definition) is 2. The number of carbonyl (C=O) groups is 1. The van der Waals surface area contributed by atoms with Crippen LogP contribution in [0.1, 0.15) is 29.6 Å². The SMILES string of the molecule is CSC1(CNC(=O)c2ccc(Br)cc2F)CCC1. The molecule has 2 nitrogen and oxygen atoms in total. The molecule has 0 heterocycles. The Morgan fingerprint density at radius 1 is 1.56 bits per heavy atom. The summed E-state index contributed by atoms with van der Waals surface area (Å²) in [7, 11) is 0. The van der Waals surface area contributed by atoms with E-state index < -0.39 is 5.82 Å². The highest BCUT2D eigenvalue weighted by atomic mass is 79.9. The molecule has 1 aromatic rings. The maximum Gasteiger partial charge on any atom is 0.254 e. The molecule has 0 radical (unpaired) electrons. The molecule has 1 aromatic carbocycles. The van der Waals surface area contributed by atoms with Gasteiger partial charge in [0.25, 0.3) is 5.91 Å². The first kappa shape index (κ1) is 13.9. The van der Waals surface area contributed by atoms with Gasteiger partial charge in [-0.2, -0.15) is 11.8 Å². The molecule has 0 aromatic heterocycles. The quantitative estimate of drug-likeness (QED) is 0.913. The van der Waals surface area contributed by atoms with Crippen molar-refractivity contribution < 1.29 is 9.18 Å². The van der Waals surface area contributed by atoms with Gasteiger partial charge in [0.2, 0.25) is 0 Å². The standard InChI is InChI=1S/C13H15BrFNOS/c1-18-13(5-2-6-13)8-16-12(17)10-4-3-9(14)7-11(10)15/h3-4,7H,2,5-6,8H2,1H3,(H,16,17). The summed E-state index contributed by atoms with van der Waals surface area (Å²) in [6, 6.07) is 4.48. The van der Waals surface area contributed by atoms with Crippen LogP contribution in [0.5, 0.6) is 0 Å². The van der Waals surface area contributed by atoms with Crippen molar-refractivity contribution in [2.24, 2.45) is 0 Å². The molecule has 0 atom stereocenters. The zero-order chi connectivity index (χ0) is 13.2.